The summed E-state index contributed by atoms with van der Waals surface area (Å²) in [4.78, 5) is 8.44. The molecule has 114 valence electrons. The molecule has 4 aromatic rings. The van der Waals surface area contributed by atoms with Gasteiger partial charge in [0, 0.05) is 18.6 Å². The van der Waals surface area contributed by atoms with E-state index in [1.165, 1.54) is 0 Å². The predicted molar refractivity (Wildman–Crippen MR) is 88.6 cm³/mol. The van der Waals surface area contributed by atoms with E-state index >= 15 is 0 Å². The van der Waals surface area contributed by atoms with Crippen molar-refractivity contribution < 1.29 is 0 Å². The van der Waals surface area contributed by atoms with E-state index in [4.69, 9.17) is 0 Å². The Bertz CT molecular complexity index is 952. The number of aryl methyl sites for hydroxylation is 1. The summed E-state index contributed by atoms with van der Waals surface area (Å²) in [5, 5.41) is 7.96. The van der Waals surface area contributed by atoms with Crippen LogP contribution in [0.25, 0.3) is 11.3 Å². The van der Waals surface area contributed by atoms with Gasteiger partial charge in [-0.15, -0.1) is 0 Å². The summed E-state index contributed by atoms with van der Waals surface area (Å²) in [5.41, 5.74) is 4.97. The van der Waals surface area contributed by atoms with Crippen molar-refractivity contribution in [2.45, 2.75) is 13.5 Å². The standard InChI is InChI=1S/C17H16N6/c1-13-6-8-23(21-13)16-5-3-2-4-15(16)19-10-14-11-20-17-12-18-7-9-22(14)17/h2-9,11-12,19H,10H2,1H3. The Hall–Kier alpha value is -3.15. The van der Waals surface area contributed by atoms with E-state index in [1.807, 2.05) is 58.9 Å². The van der Waals surface area contributed by atoms with Gasteiger partial charge in [-0.1, -0.05) is 12.1 Å². The number of aromatic nitrogens is 5. The summed E-state index contributed by atoms with van der Waals surface area (Å²) in [6, 6.07) is 10.1. The third-order valence-corrected chi connectivity index (χ3v) is 3.73. The third-order valence-electron chi connectivity index (χ3n) is 3.73. The van der Waals surface area contributed by atoms with Crippen LogP contribution in [0.3, 0.4) is 0 Å². The van der Waals surface area contributed by atoms with E-state index in [9.17, 15) is 0 Å². The molecule has 0 aliphatic rings. The van der Waals surface area contributed by atoms with Crippen molar-refractivity contribution in [1.82, 2.24) is 24.1 Å². The molecule has 0 aliphatic heterocycles. The maximum atomic E-state index is 4.49. The largest absolute Gasteiger partial charge is 0.378 e. The first-order valence-corrected chi connectivity index (χ1v) is 7.43. The molecule has 0 atom stereocenters. The van der Waals surface area contributed by atoms with Crippen LogP contribution in [0, 0.1) is 6.92 Å². The van der Waals surface area contributed by atoms with Crippen LogP contribution in [0.2, 0.25) is 0 Å². The average Bonchev–Trinajstić information content (AvgIpc) is 3.19. The lowest BCUT2D eigenvalue weighted by Gasteiger charge is -2.12. The summed E-state index contributed by atoms with van der Waals surface area (Å²) in [6.45, 7) is 2.65. The Morgan fingerprint density at radius 3 is 2.87 bits per heavy atom. The molecule has 0 amide bonds. The zero-order valence-electron chi connectivity index (χ0n) is 12.7. The molecule has 6 heteroatoms. The molecule has 0 saturated carbocycles. The maximum absolute atomic E-state index is 4.49. The first-order chi connectivity index (χ1) is 11.3. The molecule has 1 aromatic carbocycles. The molecule has 6 nitrogen and oxygen atoms in total. The summed E-state index contributed by atoms with van der Waals surface area (Å²) < 4.78 is 3.91. The molecule has 0 fully saturated rings. The van der Waals surface area contributed by atoms with Crippen molar-refractivity contribution in [3.63, 3.8) is 0 Å². The van der Waals surface area contributed by atoms with Crippen molar-refractivity contribution in [2.75, 3.05) is 5.32 Å². The summed E-state index contributed by atoms with van der Waals surface area (Å²) in [6.07, 6.45) is 9.27. The third kappa shape index (κ3) is 2.55. The van der Waals surface area contributed by atoms with E-state index in [-0.39, 0.29) is 0 Å². The first-order valence-electron chi connectivity index (χ1n) is 7.43. The number of nitrogens with zero attached hydrogens (tertiary/aromatic N) is 5. The Balaban J connectivity index is 1.62. The molecular weight excluding hydrogens is 288 g/mol. The molecule has 0 spiro atoms. The monoisotopic (exact) mass is 304 g/mol. The smallest absolute Gasteiger partial charge is 0.155 e. The molecule has 0 unspecified atom stereocenters. The van der Waals surface area contributed by atoms with Crippen LogP contribution >= 0.6 is 0 Å². The van der Waals surface area contributed by atoms with Crippen LogP contribution in [-0.2, 0) is 6.54 Å². The number of fused-ring (bicyclic) bond motifs is 1. The number of para-hydroxylation sites is 2. The van der Waals surface area contributed by atoms with Gasteiger partial charge < -0.3 is 5.32 Å². The van der Waals surface area contributed by atoms with E-state index in [2.05, 4.69) is 26.4 Å². The number of nitrogens with one attached hydrogen (secondary N) is 1. The van der Waals surface area contributed by atoms with Gasteiger partial charge in [-0.3, -0.25) is 9.38 Å². The summed E-state index contributed by atoms with van der Waals surface area (Å²) >= 11 is 0. The van der Waals surface area contributed by atoms with Crippen LogP contribution in [0.15, 0.2) is 61.3 Å². The number of hydrogen-bond acceptors (Lipinski definition) is 4. The van der Waals surface area contributed by atoms with Gasteiger partial charge in [0.15, 0.2) is 5.65 Å². The second kappa shape index (κ2) is 5.57. The predicted octanol–water partition coefficient (Wildman–Crippen LogP) is 2.84. The Morgan fingerprint density at radius 1 is 1.09 bits per heavy atom. The normalized spacial score (nSPS) is 11.0. The summed E-state index contributed by atoms with van der Waals surface area (Å²) in [5.74, 6) is 0. The molecule has 4 rings (SSSR count). The Kier molecular flexibility index (Phi) is 3.27. The minimum absolute atomic E-state index is 0.669. The fourth-order valence-electron chi connectivity index (χ4n) is 2.58. The lowest BCUT2D eigenvalue weighted by molar-refractivity contribution is 0.860. The van der Waals surface area contributed by atoms with Crippen LogP contribution in [0.1, 0.15) is 11.4 Å². The number of imidazole rings is 1. The van der Waals surface area contributed by atoms with Gasteiger partial charge >= 0.3 is 0 Å². The van der Waals surface area contributed by atoms with Crippen molar-refractivity contribution >= 4 is 11.3 Å². The van der Waals surface area contributed by atoms with Crippen molar-refractivity contribution in [3.8, 4) is 5.69 Å². The number of rotatable bonds is 4. The van der Waals surface area contributed by atoms with Gasteiger partial charge in [-0.05, 0) is 25.1 Å². The number of anilines is 1. The van der Waals surface area contributed by atoms with Crippen molar-refractivity contribution in [1.29, 1.82) is 0 Å². The van der Waals surface area contributed by atoms with Crippen molar-refractivity contribution in [2.24, 2.45) is 0 Å². The molecule has 23 heavy (non-hydrogen) atoms. The van der Waals surface area contributed by atoms with Crippen LogP contribution in [-0.4, -0.2) is 24.1 Å². The molecule has 1 N–H and O–H groups in total. The first kappa shape index (κ1) is 13.5. The van der Waals surface area contributed by atoms with Gasteiger partial charge in [0.2, 0.25) is 0 Å². The Morgan fingerprint density at radius 2 is 2.00 bits per heavy atom. The quantitative estimate of drug-likeness (QED) is 0.630. The average molecular weight is 304 g/mol. The molecule has 0 radical (unpaired) electrons. The van der Waals surface area contributed by atoms with E-state index in [0.29, 0.717) is 6.54 Å². The van der Waals surface area contributed by atoms with Gasteiger partial charge in [-0.2, -0.15) is 5.10 Å². The molecular formula is C17H16N6. The molecule has 0 saturated heterocycles. The Labute approximate surface area is 133 Å². The highest BCUT2D eigenvalue weighted by Gasteiger charge is 2.07. The topological polar surface area (TPSA) is 60.0 Å². The zero-order chi connectivity index (χ0) is 15.6. The van der Waals surface area contributed by atoms with Gasteiger partial charge in [0.25, 0.3) is 0 Å². The molecule has 0 aliphatic carbocycles. The zero-order valence-corrected chi connectivity index (χ0v) is 12.7. The highest BCUT2D eigenvalue weighted by atomic mass is 15.3. The lowest BCUT2D eigenvalue weighted by atomic mass is 10.2. The molecule has 3 aromatic heterocycles. The minimum atomic E-state index is 0.669. The molecule has 3 heterocycles. The highest BCUT2D eigenvalue weighted by molar-refractivity contribution is 5.60. The SMILES string of the molecule is Cc1ccn(-c2ccccc2NCc2cnc3cnccn23)n1. The minimum Gasteiger partial charge on any atom is -0.378 e. The highest BCUT2D eigenvalue weighted by Crippen LogP contribution is 2.20. The maximum Gasteiger partial charge on any atom is 0.155 e. The number of benzene rings is 1. The van der Waals surface area contributed by atoms with E-state index in [0.717, 1.165) is 28.4 Å². The summed E-state index contributed by atoms with van der Waals surface area (Å²) in [7, 11) is 0. The molecule has 0 bridgehead atoms. The second-order valence-electron chi connectivity index (χ2n) is 5.33. The van der Waals surface area contributed by atoms with Crippen LogP contribution < -0.4 is 5.32 Å². The fourth-order valence-corrected chi connectivity index (χ4v) is 2.58. The lowest BCUT2D eigenvalue weighted by Crippen LogP contribution is -2.06. The fraction of sp³-hybridized carbons (Fsp3) is 0.118. The van der Waals surface area contributed by atoms with E-state index < -0.39 is 0 Å². The van der Waals surface area contributed by atoms with E-state index in [1.54, 1.807) is 12.4 Å². The van der Waals surface area contributed by atoms with Crippen LogP contribution in [0.4, 0.5) is 5.69 Å². The van der Waals surface area contributed by atoms with Crippen molar-refractivity contribution in [3.05, 3.63) is 72.7 Å². The number of hydrogen-bond donors (Lipinski definition) is 1. The van der Waals surface area contributed by atoms with Gasteiger partial charge in [0.05, 0.1) is 41.7 Å². The van der Waals surface area contributed by atoms with Crippen LogP contribution in [0.5, 0.6) is 0 Å². The van der Waals surface area contributed by atoms with Gasteiger partial charge in [-0.25, -0.2) is 9.67 Å². The van der Waals surface area contributed by atoms with Gasteiger partial charge in [0.1, 0.15) is 0 Å². The second-order valence-corrected chi connectivity index (χ2v) is 5.33.